The highest BCUT2D eigenvalue weighted by Gasteiger charge is 2.19. The van der Waals surface area contributed by atoms with Crippen molar-refractivity contribution in [1.82, 2.24) is 19.5 Å². The van der Waals surface area contributed by atoms with Gasteiger partial charge >= 0.3 is 5.69 Å². The molecule has 4 aromatic heterocycles. The lowest BCUT2D eigenvalue weighted by atomic mass is 10.1. The van der Waals surface area contributed by atoms with E-state index in [0.717, 1.165) is 5.39 Å². The van der Waals surface area contributed by atoms with Gasteiger partial charge in [-0.25, -0.2) is 14.2 Å². The molecule has 0 radical (unpaired) electrons. The molecular formula is C19H13FN4O3. The Morgan fingerprint density at radius 2 is 2.19 bits per heavy atom. The Hall–Kier alpha value is -3.68. The van der Waals surface area contributed by atoms with E-state index in [1.54, 1.807) is 30.7 Å². The highest BCUT2D eigenvalue weighted by molar-refractivity contribution is 6.02. The molecule has 5 rings (SSSR count). The molecule has 0 aliphatic rings. The van der Waals surface area contributed by atoms with E-state index in [1.807, 2.05) is 6.92 Å². The molecule has 5 aromatic rings. The van der Waals surface area contributed by atoms with E-state index in [9.17, 15) is 9.18 Å². The summed E-state index contributed by atoms with van der Waals surface area (Å²) < 4.78 is 27.3. The summed E-state index contributed by atoms with van der Waals surface area (Å²) in [7, 11) is 0. The average Bonchev–Trinajstić information content (AvgIpc) is 3.26. The molecule has 0 unspecified atom stereocenters. The third-order valence-corrected chi connectivity index (χ3v) is 4.43. The quantitative estimate of drug-likeness (QED) is 0.529. The third kappa shape index (κ3) is 2.23. The van der Waals surface area contributed by atoms with Gasteiger partial charge in [-0.15, -0.1) is 0 Å². The highest BCUT2D eigenvalue weighted by Crippen LogP contribution is 2.30. The molecular weight excluding hydrogens is 351 g/mol. The largest absolute Gasteiger partial charge is 0.491 e. The molecule has 0 fully saturated rings. The number of H-pyrrole nitrogens is 1. The normalized spacial score (nSPS) is 11.6. The van der Waals surface area contributed by atoms with E-state index >= 15 is 0 Å². The fraction of sp³-hybridized carbons (Fsp3) is 0.105. The second-order valence-corrected chi connectivity index (χ2v) is 5.99. The van der Waals surface area contributed by atoms with Crippen LogP contribution in [0.2, 0.25) is 0 Å². The summed E-state index contributed by atoms with van der Waals surface area (Å²) in [5.74, 6) is -0.148. The zero-order chi connectivity index (χ0) is 18.5. The van der Waals surface area contributed by atoms with Crippen LogP contribution in [0.4, 0.5) is 4.39 Å². The van der Waals surface area contributed by atoms with Gasteiger partial charge in [0.2, 0.25) is 0 Å². The van der Waals surface area contributed by atoms with Crippen LogP contribution in [0.5, 0.6) is 5.75 Å². The highest BCUT2D eigenvalue weighted by atomic mass is 19.1. The second kappa shape index (κ2) is 5.66. The van der Waals surface area contributed by atoms with Crippen molar-refractivity contribution in [2.24, 2.45) is 0 Å². The number of hydrogen-bond donors (Lipinski definition) is 1. The van der Waals surface area contributed by atoms with Gasteiger partial charge in [0.1, 0.15) is 22.7 Å². The topological polar surface area (TPSA) is 85.9 Å². The van der Waals surface area contributed by atoms with E-state index in [1.165, 1.54) is 16.8 Å². The Morgan fingerprint density at radius 1 is 1.30 bits per heavy atom. The lowest BCUT2D eigenvalue weighted by Crippen LogP contribution is -2.16. The molecule has 0 aliphatic carbocycles. The lowest BCUT2D eigenvalue weighted by molar-refractivity contribution is 0.343. The summed E-state index contributed by atoms with van der Waals surface area (Å²) in [6.45, 7) is 2.23. The molecule has 0 atom stereocenters. The molecule has 4 heterocycles. The number of halogens is 1. The SMILES string of the molecule is CCOc1ccnc2[nH]c(=O)n(-c3cc4c(cc3F)ncc3ccoc34)c12. The number of furan rings is 1. The van der Waals surface area contributed by atoms with Crippen molar-refractivity contribution in [2.75, 3.05) is 6.61 Å². The van der Waals surface area contributed by atoms with Crippen LogP contribution in [0.25, 0.3) is 38.7 Å². The van der Waals surface area contributed by atoms with Crippen molar-refractivity contribution in [2.45, 2.75) is 6.92 Å². The maximum Gasteiger partial charge on any atom is 0.332 e. The second-order valence-electron chi connectivity index (χ2n) is 5.99. The van der Waals surface area contributed by atoms with Crippen LogP contribution in [0.15, 0.2) is 52.1 Å². The molecule has 8 heteroatoms. The zero-order valence-electron chi connectivity index (χ0n) is 14.2. The Labute approximate surface area is 151 Å². The van der Waals surface area contributed by atoms with Gasteiger partial charge in [-0.05, 0) is 19.1 Å². The number of nitrogens with one attached hydrogen (secondary N) is 1. The van der Waals surface area contributed by atoms with Crippen molar-refractivity contribution in [1.29, 1.82) is 0 Å². The minimum absolute atomic E-state index is 0.0680. The van der Waals surface area contributed by atoms with E-state index in [-0.39, 0.29) is 5.69 Å². The standard InChI is InChI=1S/C19H13FN4O3/c1-2-26-15-3-5-21-18-16(15)24(19(25)23-18)14-7-11-13(8-12(14)20)22-9-10-4-6-27-17(10)11/h3-9H,2H2,1H3,(H,21,23,25). The molecule has 134 valence electrons. The molecule has 0 saturated heterocycles. The predicted octanol–water partition coefficient (Wildman–Crippen LogP) is 3.55. The fourth-order valence-electron chi connectivity index (χ4n) is 3.29. The van der Waals surface area contributed by atoms with Crippen molar-refractivity contribution in [3.8, 4) is 11.4 Å². The Morgan fingerprint density at radius 3 is 3.04 bits per heavy atom. The number of nitrogens with zero attached hydrogens (tertiary/aromatic N) is 3. The molecule has 0 amide bonds. The molecule has 0 bridgehead atoms. The third-order valence-electron chi connectivity index (χ3n) is 4.43. The number of pyridine rings is 2. The van der Waals surface area contributed by atoms with Gasteiger partial charge in [0, 0.05) is 35.3 Å². The van der Waals surface area contributed by atoms with Crippen molar-refractivity contribution in [3.05, 3.63) is 59.2 Å². The Kier molecular flexibility index (Phi) is 3.27. The van der Waals surface area contributed by atoms with Crippen LogP contribution < -0.4 is 10.4 Å². The van der Waals surface area contributed by atoms with Gasteiger partial charge in [-0.2, -0.15) is 0 Å². The summed E-state index contributed by atoms with van der Waals surface area (Å²) >= 11 is 0. The van der Waals surface area contributed by atoms with Crippen LogP contribution in [0.3, 0.4) is 0 Å². The number of aromatic nitrogens is 4. The molecule has 0 saturated carbocycles. The monoisotopic (exact) mass is 364 g/mol. The first kappa shape index (κ1) is 15.6. The Balaban J connectivity index is 1.89. The van der Waals surface area contributed by atoms with Crippen LogP contribution in [0.1, 0.15) is 6.92 Å². The van der Waals surface area contributed by atoms with E-state index < -0.39 is 11.5 Å². The van der Waals surface area contributed by atoms with E-state index in [0.29, 0.717) is 40.0 Å². The van der Waals surface area contributed by atoms with Crippen molar-refractivity contribution >= 4 is 33.0 Å². The smallest absolute Gasteiger partial charge is 0.332 e. The lowest BCUT2D eigenvalue weighted by Gasteiger charge is -2.10. The first-order chi connectivity index (χ1) is 13.2. The fourth-order valence-corrected chi connectivity index (χ4v) is 3.29. The summed E-state index contributed by atoms with van der Waals surface area (Å²) in [4.78, 5) is 23.7. The van der Waals surface area contributed by atoms with Gasteiger partial charge in [0.05, 0.1) is 24.1 Å². The number of aromatic amines is 1. The van der Waals surface area contributed by atoms with Crippen LogP contribution in [-0.4, -0.2) is 26.1 Å². The van der Waals surface area contributed by atoms with Crippen LogP contribution >= 0.6 is 0 Å². The number of hydrogen-bond acceptors (Lipinski definition) is 5. The Bertz CT molecular complexity index is 1380. The minimum Gasteiger partial charge on any atom is -0.491 e. The van der Waals surface area contributed by atoms with Gasteiger partial charge in [-0.1, -0.05) is 0 Å². The zero-order valence-corrected chi connectivity index (χ0v) is 14.2. The number of fused-ring (bicyclic) bond motifs is 4. The summed E-state index contributed by atoms with van der Waals surface area (Å²) in [5.41, 5.74) is 1.27. The van der Waals surface area contributed by atoms with E-state index in [2.05, 4.69) is 15.0 Å². The maximum atomic E-state index is 14.9. The predicted molar refractivity (Wildman–Crippen MR) is 97.9 cm³/mol. The minimum atomic E-state index is -0.588. The van der Waals surface area contributed by atoms with Crippen molar-refractivity contribution < 1.29 is 13.5 Å². The average molecular weight is 364 g/mol. The van der Waals surface area contributed by atoms with Crippen molar-refractivity contribution in [3.63, 3.8) is 0 Å². The maximum absolute atomic E-state index is 14.9. The van der Waals surface area contributed by atoms with Gasteiger partial charge in [-0.3, -0.25) is 14.5 Å². The van der Waals surface area contributed by atoms with Crippen LogP contribution in [0, 0.1) is 5.82 Å². The summed E-state index contributed by atoms with van der Waals surface area (Å²) in [5, 5.41) is 1.40. The van der Waals surface area contributed by atoms with E-state index in [4.69, 9.17) is 9.15 Å². The molecule has 0 spiro atoms. The first-order valence-corrected chi connectivity index (χ1v) is 8.35. The number of benzene rings is 1. The van der Waals surface area contributed by atoms with Gasteiger partial charge in [0.25, 0.3) is 0 Å². The van der Waals surface area contributed by atoms with Crippen LogP contribution in [-0.2, 0) is 0 Å². The first-order valence-electron chi connectivity index (χ1n) is 8.35. The molecule has 1 N–H and O–H groups in total. The number of rotatable bonds is 3. The summed E-state index contributed by atoms with van der Waals surface area (Å²) in [6, 6.07) is 6.26. The molecule has 1 aromatic carbocycles. The molecule has 0 aliphatic heterocycles. The molecule has 7 nitrogen and oxygen atoms in total. The number of imidazole rings is 1. The van der Waals surface area contributed by atoms with Gasteiger partial charge < -0.3 is 9.15 Å². The summed E-state index contributed by atoms with van der Waals surface area (Å²) in [6.07, 6.45) is 4.69. The number of ether oxygens (including phenoxy) is 1. The molecule has 27 heavy (non-hydrogen) atoms. The van der Waals surface area contributed by atoms with Gasteiger partial charge in [0.15, 0.2) is 5.65 Å².